The Kier molecular flexibility index (Phi) is 6.68. The summed E-state index contributed by atoms with van der Waals surface area (Å²) in [5.74, 6) is -0.355. The van der Waals surface area contributed by atoms with Crippen LogP contribution in [0.5, 0.6) is 0 Å². The molecule has 0 spiro atoms. The summed E-state index contributed by atoms with van der Waals surface area (Å²) in [6.45, 7) is 4.42. The molecule has 0 radical (unpaired) electrons. The summed E-state index contributed by atoms with van der Waals surface area (Å²) in [5.41, 5.74) is 0.447. The fraction of sp³-hybridized carbons (Fsp3) is 0.667. The molecular formula is C21H31F2N3O. The molecule has 2 N–H and O–H groups in total. The summed E-state index contributed by atoms with van der Waals surface area (Å²) >= 11 is 0. The summed E-state index contributed by atoms with van der Waals surface area (Å²) in [5, 5.41) is 6.77. The highest BCUT2D eigenvalue weighted by molar-refractivity contribution is 5.80. The second kappa shape index (κ2) is 9.00. The number of hydrogen-bond acceptors (Lipinski definition) is 2. The van der Waals surface area contributed by atoms with Gasteiger partial charge in [0.1, 0.15) is 11.6 Å². The highest BCUT2D eigenvalue weighted by atomic mass is 19.1. The van der Waals surface area contributed by atoms with Crippen molar-refractivity contribution in [3.8, 4) is 0 Å². The van der Waals surface area contributed by atoms with Crippen LogP contribution in [0.25, 0.3) is 0 Å². The van der Waals surface area contributed by atoms with Crippen LogP contribution in [0.2, 0.25) is 0 Å². The van der Waals surface area contributed by atoms with Crippen molar-refractivity contribution >= 4 is 5.96 Å². The van der Waals surface area contributed by atoms with Gasteiger partial charge in [0, 0.05) is 44.3 Å². The largest absolute Gasteiger partial charge is 0.382 e. The second-order valence-corrected chi connectivity index (χ2v) is 7.81. The van der Waals surface area contributed by atoms with Crippen LogP contribution in [0.4, 0.5) is 8.78 Å². The smallest absolute Gasteiger partial charge is 0.191 e. The highest BCUT2D eigenvalue weighted by Gasteiger charge is 2.42. The summed E-state index contributed by atoms with van der Waals surface area (Å²) in [6.07, 6.45) is 6.70. The summed E-state index contributed by atoms with van der Waals surface area (Å²) < 4.78 is 33.5. The van der Waals surface area contributed by atoms with Crippen LogP contribution < -0.4 is 10.6 Å². The van der Waals surface area contributed by atoms with E-state index in [-0.39, 0.29) is 22.9 Å². The highest BCUT2D eigenvalue weighted by Crippen LogP contribution is 2.43. The van der Waals surface area contributed by atoms with Gasteiger partial charge < -0.3 is 15.4 Å². The third-order valence-electron chi connectivity index (χ3n) is 5.98. The van der Waals surface area contributed by atoms with E-state index < -0.39 is 11.6 Å². The van der Waals surface area contributed by atoms with Gasteiger partial charge in [-0.2, -0.15) is 0 Å². The molecule has 1 aromatic carbocycles. The van der Waals surface area contributed by atoms with Crippen molar-refractivity contribution in [2.45, 2.75) is 57.4 Å². The van der Waals surface area contributed by atoms with Crippen LogP contribution >= 0.6 is 0 Å². The molecule has 2 saturated carbocycles. The number of halogens is 2. The lowest BCUT2D eigenvalue weighted by Gasteiger charge is -2.30. The Hall–Kier alpha value is -1.69. The molecule has 2 fully saturated rings. The lowest BCUT2D eigenvalue weighted by atomic mass is 9.83. The van der Waals surface area contributed by atoms with Crippen LogP contribution in [-0.2, 0) is 4.74 Å². The fourth-order valence-electron chi connectivity index (χ4n) is 4.25. The zero-order chi connectivity index (χ0) is 19.3. The van der Waals surface area contributed by atoms with Gasteiger partial charge >= 0.3 is 0 Å². The van der Waals surface area contributed by atoms with E-state index in [4.69, 9.17) is 4.74 Å². The first-order valence-electron chi connectivity index (χ1n) is 10.1. The minimum Gasteiger partial charge on any atom is -0.382 e. The van der Waals surface area contributed by atoms with E-state index in [1.165, 1.54) is 43.9 Å². The van der Waals surface area contributed by atoms with Crippen molar-refractivity contribution in [2.24, 2.45) is 10.4 Å². The summed E-state index contributed by atoms with van der Waals surface area (Å²) in [4.78, 5) is 4.31. The third-order valence-corrected chi connectivity index (χ3v) is 5.98. The van der Waals surface area contributed by atoms with Crippen molar-refractivity contribution in [1.82, 2.24) is 10.6 Å². The van der Waals surface area contributed by atoms with Gasteiger partial charge in [-0.3, -0.25) is 4.99 Å². The Labute approximate surface area is 160 Å². The van der Waals surface area contributed by atoms with E-state index in [9.17, 15) is 8.78 Å². The van der Waals surface area contributed by atoms with Crippen molar-refractivity contribution in [3.05, 3.63) is 35.4 Å². The molecule has 6 heteroatoms. The molecule has 27 heavy (non-hydrogen) atoms. The molecule has 0 bridgehead atoms. The minimum atomic E-state index is -0.465. The fourth-order valence-corrected chi connectivity index (χ4v) is 4.25. The molecular weight excluding hydrogens is 348 g/mol. The Morgan fingerprint density at radius 2 is 1.96 bits per heavy atom. The first-order valence-corrected chi connectivity index (χ1v) is 10.1. The van der Waals surface area contributed by atoms with Crippen molar-refractivity contribution in [1.29, 1.82) is 0 Å². The van der Waals surface area contributed by atoms with Crippen molar-refractivity contribution in [2.75, 3.05) is 26.8 Å². The van der Waals surface area contributed by atoms with Crippen molar-refractivity contribution < 1.29 is 13.5 Å². The zero-order valence-electron chi connectivity index (χ0n) is 16.4. The standard InChI is InChI=1S/C21H31F2N3O/c1-3-27-12-11-21(9-4-5-10-21)14-25-20(24-2)26-18-13-15(18)19-16(22)7-6-8-17(19)23/h6-8,15,18H,3-5,9-14H2,1-2H3,(H2,24,25,26). The van der Waals surface area contributed by atoms with Crippen LogP contribution in [0.3, 0.4) is 0 Å². The summed E-state index contributed by atoms with van der Waals surface area (Å²) in [7, 11) is 1.73. The van der Waals surface area contributed by atoms with Crippen LogP contribution in [0.1, 0.15) is 56.9 Å². The predicted octanol–water partition coefficient (Wildman–Crippen LogP) is 3.97. The van der Waals surface area contributed by atoms with E-state index >= 15 is 0 Å². The predicted molar refractivity (Wildman–Crippen MR) is 104 cm³/mol. The van der Waals surface area contributed by atoms with Crippen LogP contribution in [0, 0.1) is 17.0 Å². The number of aliphatic imine (C=N–C) groups is 1. The number of rotatable bonds is 8. The average molecular weight is 379 g/mol. The van der Waals surface area contributed by atoms with Gasteiger partial charge in [-0.1, -0.05) is 18.9 Å². The maximum absolute atomic E-state index is 14.0. The molecule has 0 aromatic heterocycles. The number of hydrogen-bond donors (Lipinski definition) is 2. The second-order valence-electron chi connectivity index (χ2n) is 7.81. The first kappa shape index (κ1) is 20.1. The average Bonchev–Trinajstić information content (AvgIpc) is 3.23. The van der Waals surface area contributed by atoms with E-state index in [0.717, 1.165) is 26.2 Å². The number of guanidine groups is 1. The van der Waals surface area contributed by atoms with E-state index in [2.05, 4.69) is 15.6 Å². The third kappa shape index (κ3) is 4.98. The normalized spacial score (nSPS) is 24.1. The van der Waals surface area contributed by atoms with Crippen LogP contribution in [-0.4, -0.2) is 38.8 Å². The SMILES string of the molecule is CCOCCC1(CNC(=NC)NC2CC2c2c(F)cccc2F)CCCC1. The lowest BCUT2D eigenvalue weighted by molar-refractivity contribution is 0.105. The Balaban J connectivity index is 1.53. The topological polar surface area (TPSA) is 45.6 Å². The quantitative estimate of drug-likeness (QED) is 0.408. The minimum absolute atomic E-state index is 0.0190. The Bertz CT molecular complexity index is 639. The van der Waals surface area contributed by atoms with Gasteiger partial charge in [0.2, 0.25) is 0 Å². The molecule has 0 aliphatic heterocycles. The Morgan fingerprint density at radius 1 is 1.26 bits per heavy atom. The van der Waals surface area contributed by atoms with Gasteiger partial charge in [0.05, 0.1) is 0 Å². The molecule has 4 nitrogen and oxygen atoms in total. The number of ether oxygens (including phenoxy) is 1. The molecule has 150 valence electrons. The molecule has 2 aliphatic rings. The van der Waals surface area contributed by atoms with Crippen LogP contribution in [0.15, 0.2) is 23.2 Å². The molecule has 0 heterocycles. The van der Waals surface area contributed by atoms with Gasteiger partial charge in [-0.25, -0.2) is 8.78 Å². The maximum atomic E-state index is 14.0. The number of nitrogens with one attached hydrogen (secondary N) is 2. The Morgan fingerprint density at radius 3 is 2.59 bits per heavy atom. The van der Waals surface area contributed by atoms with E-state index in [0.29, 0.717) is 12.4 Å². The summed E-state index contributed by atoms with van der Waals surface area (Å²) in [6, 6.07) is 4.07. The van der Waals surface area contributed by atoms with E-state index in [1.54, 1.807) is 7.05 Å². The lowest BCUT2D eigenvalue weighted by Crippen LogP contribution is -2.44. The molecule has 2 atom stereocenters. The molecule has 1 aromatic rings. The monoisotopic (exact) mass is 379 g/mol. The number of benzene rings is 1. The van der Waals surface area contributed by atoms with E-state index in [1.807, 2.05) is 6.92 Å². The zero-order valence-corrected chi connectivity index (χ0v) is 16.4. The van der Waals surface area contributed by atoms with Crippen molar-refractivity contribution in [3.63, 3.8) is 0 Å². The van der Waals surface area contributed by atoms with Gasteiger partial charge in [0.15, 0.2) is 5.96 Å². The van der Waals surface area contributed by atoms with Gasteiger partial charge in [0.25, 0.3) is 0 Å². The first-order chi connectivity index (χ1) is 13.1. The molecule has 3 rings (SSSR count). The molecule has 2 aliphatic carbocycles. The molecule has 2 unspecified atom stereocenters. The van der Waals surface area contributed by atoms with Gasteiger partial charge in [-0.05, 0) is 50.2 Å². The maximum Gasteiger partial charge on any atom is 0.191 e. The molecule has 0 amide bonds. The molecule has 0 saturated heterocycles. The number of nitrogens with zero attached hydrogens (tertiary/aromatic N) is 1. The van der Waals surface area contributed by atoms with Gasteiger partial charge in [-0.15, -0.1) is 0 Å².